The molecule has 1 N–H and O–H groups in total. The van der Waals surface area contributed by atoms with Crippen molar-refractivity contribution in [1.29, 1.82) is 0 Å². The maximum atomic E-state index is 10.9. The Balaban J connectivity index is 1.45. The molecule has 3 nitrogen and oxygen atoms in total. The van der Waals surface area contributed by atoms with Crippen LogP contribution in [0.25, 0.3) is 0 Å². The van der Waals surface area contributed by atoms with E-state index < -0.39 is 0 Å². The topological polar surface area (TPSA) is 38.7 Å². The van der Waals surface area contributed by atoms with Gasteiger partial charge in [0.1, 0.15) is 0 Å². The van der Waals surface area contributed by atoms with E-state index in [-0.39, 0.29) is 28.8 Å². The molecule has 3 fully saturated rings. The molecule has 206 valence electrons. The minimum atomic E-state index is -0.154. The zero-order chi connectivity index (χ0) is 26.3. The second kappa shape index (κ2) is 8.82. The van der Waals surface area contributed by atoms with E-state index in [0.717, 1.165) is 25.9 Å². The lowest BCUT2D eigenvalue weighted by atomic mass is 9.43. The number of hydrogen-bond donors (Lipinski definition) is 1. The Kier molecular flexibility index (Phi) is 6.66. The van der Waals surface area contributed by atoms with Crippen molar-refractivity contribution in [2.75, 3.05) is 6.61 Å². The van der Waals surface area contributed by atoms with Crippen LogP contribution in [-0.2, 0) is 9.47 Å². The van der Waals surface area contributed by atoms with Crippen molar-refractivity contribution in [3.8, 4) is 0 Å². The van der Waals surface area contributed by atoms with Gasteiger partial charge >= 0.3 is 0 Å². The van der Waals surface area contributed by atoms with Crippen LogP contribution >= 0.6 is 0 Å². The Morgan fingerprint density at radius 3 is 2.33 bits per heavy atom. The Morgan fingerprint density at radius 1 is 0.917 bits per heavy atom. The molecule has 1 saturated heterocycles. The van der Waals surface area contributed by atoms with Crippen LogP contribution in [0.1, 0.15) is 127 Å². The zero-order valence-electron chi connectivity index (χ0n) is 25.0. The molecular formula is C33H56O3. The van der Waals surface area contributed by atoms with Crippen LogP contribution in [0.15, 0.2) is 11.1 Å². The average Bonchev–Trinajstić information content (AvgIpc) is 3.10. The quantitative estimate of drug-likeness (QED) is 0.395. The van der Waals surface area contributed by atoms with E-state index in [0.29, 0.717) is 34.5 Å². The second-order valence-corrected chi connectivity index (χ2v) is 15.3. The van der Waals surface area contributed by atoms with Crippen molar-refractivity contribution in [2.45, 2.75) is 145 Å². The highest BCUT2D eigenvalue weighted by molar-refractivity contribution is 5.39. The van der Waals surface area contributed by atoms with Gasteiger partial charge in [-0.25, -0.2) is 0 Å². The normalized spacial score (nSPS) is 51.3. The van der Waals surface area contributed by atoms with E-state index in [1.165, 1.54) is 44.9 Å². The fourth-order valence-corrected chi connectivity index (χ4v) is 10.7. The van der Waals surface area contributed by atoms with Gasteiger partial charge in [0, 0.05) is 12.5 Å². The van der Waals surface area contributed by atoms with Crippen LogP contribution in [0.5, 0.6) is 0 Å². The fourth-order valence-electron chi connectivity index (χ4n) is 10.7. The largest absolute Gasteiger partial charge is 0.393 e. The van der Waals surface area contributed by atoms with Gasteiger partial charge in [0.05, 0.1) is 11.7 Å². The minimum absolute atomic E-state index is 0.0149. The molecule has 1 aliphatic heterocycles. The Morgan fingerprint density at radius 2 is 1.64 bits per heavy atom. The molecule has 3 heteroatoms. The number of fused-ring (bicyclic) bond motifs is 4. The highest BCUT2D eigenvalue weighted by Crippen LogP contribution is 2.73. The lowest BCUT2D eigenvalue weighted by molar-refractivity contribution is -0.271. The van der Waals surface area contributed by atoms with Crippen molar-refractivity contribution in [2.24, 2.45) is 45.3 Å². The molecule has 0 radical (unpaired) electrons. The van der Waals surface area contributed by atoms with Crippen LogP contribution < -0.4 is 0 Å². The van der Waals surface area contributed by atoms with Crippen LogP contribution in [0, 0.1) is 45.3 Å². The monoisotopic (exact) mass is 500 g/mol. The summed E-state index contributed by atoms with van der Waals surface area (Å²) < 4.78 is 12.9. The first-order chi connectivity index (χ1) is 16.7. The molecule has 5 aliphatic rings. The van der Waals surface area contributed by atoms with Gasteiger partial charge in [-0.1, -0.05) is 59.6 Å². The maximum Gasteiger partial charge on any atom is 0.160 e. The summed E-state index contributed by atoms with van der Waals surface area (Å²) in [7, 11) is 0. The molecule has 2 saturated carbocycles. The van der Waals surface area contributed by atoms with Crippen LogP contribution in [-0.4, -0.2) is 29.7 Å². The van der Waals surface area contributed by atoms with Crippen LogP contribution in [0.4, 0.5) is 0 Å². The molecule has 0 amide bonds. The molecule has 5 rings (SSSR count). The first-order valence-electron chi connectivity index (χ1n) is 15.4. The summed E-state index contributed by atoms with van der Waals surface area (Å²) in [5.74, 6) is 2.29. The molecule has 0 aromatic carbocycles. The number of rotatable bonds is 4. The zero-order valence-corrected chi connectivity index (χ0v) is 25.0. The van der Waals surface area contributed by atoms with E-state index in [4.69, 9.17) is 9.47 Å². The Bertz CT molecular complexity index is 891. The van der Waals surface area contributed by atoms with Gasteiger partial charge in [0.2, 0.25) is 0 Å². The van der Waals surface area contributed by atoms with Crippen LogP contribution in [0.2, 0.25) is 0 Å². The first kappa shape index (κ1) is 27.2. The number of aliphatic hydroxyl groups excluding tert-OH is 1. The minimum Gasteiger partial charge on any atom is -0.393 e. The molecule has 0 aromatic rings. The summed E-state index contributed by atoms with van der Waals surface area (Å²) in [6.07, 6.45) is 12.0. The predicted molar refractivity (Wildman–Crippen MR) is 148 cm³/mol. The van der Waals surface area contributed by atoms with Gasteiger partial charge in [-0.2, -0.15) is 0 Å². The van der Waals surface area contributed by atoms with Crippen molar-refractivity contribution in [3.05, 3.63) is 11.1 Å². The number of aliphatic hydroxyl groups is 1. The average molecular weight is 501 g/mol. The van der Waals surface area contributed by atoms with Crippen molar-refractivity contribution in [1.82, 2.24) is 0 Å². The first-order valence-corrected chi connectivity index (χ1v) is 15.4. The summed E-state index contributed by atoms with van der Waals surface area (Å²) in [6.45, 7) is 22.6. The van der Waals surface area contributed by atoms with Gasteiger partial charge < -0.3 is 14.6 Å². The number of hydrogen-bond acceptors (Lipinski definition) is 3. The standard InChI is InChI=1S/C33H56O3/c1-10-35-28-21(2)13-20-33(9,36-28)22(3)23-14-18-32(8)25-11-12-26-29(4,5)27(34)16-17-30(26,6)24(25)15-19-31(23,32)7/h21-23,26-28,34H,10-20H2,1-9H3. The third-order valence-electron chi connectivity index (χ3n) is 13.6. The lowest BCUT2D eigenvalue weighted by Crippen LogP contribution is -2.56. The summed E-state index contributed by atoms with van der Waals surface area (Å²) in [4.78, 5) is 0. The summed E-state index contributed by atoms with van der Waals surface area (Å²) in [5.41, 5.74) is 4.46. The molecule has 1 heterocycles. The van der Waals surface area contributed by atoms with Gasteiger partial charge in [-0.05, 0) is 117 Å². The van der Waals surface area contributed by atoms with Gasteiger partial charge in [-0.15, -0.1) is 0 Å². The molecular weight excluding hydrogens is 444 g/mol. The van der Waals surface area contributed by atoms with Crippen molar-refractivity contribution in [3.63, 3.8) is 0 Å². The van der Waals surface area contributed by atoms with E-state index in [9.17, 15) is 5.11 Å². The molecule has 0 aromatic heterocycles. The van der Waals surface area contributed by atoms with Gasteiger partial charge in [-0.3, -0.25) is 0 Å². The maximum absolute atomic E-state index is 10.9. The van der Waals surface area contributed by atoms with E-state index in [2.05, 4.69) is 62.3 Å². The summed E-state index contributed by atoms with van der Waals surface area (Å²) in [6, 6.07) is 0. The van der Waals surface area contributed by atoms with Gasteiger partial charge in [0.15, 0.2) is 6.29 Å². The third-order valence-corrected chi connectivity index (χ3v) is 13.6. The number of ether oxygens (including phenoxy) is 2. The fraction of sp³-hybridized carbons (Fsp3) is 0.939. The summed E-state index contributed by atoms with van der Waals surface area (Å²) in [5, 5.41) is 10.9. The highest BCUT2D eigenvalue weighted by Gasteiger charge is 2.64. The molecule has 0 bridgehead atoms. The Labute approximate surface area is 222 Å². The van der Waals surface area contributed by atoms with E-state index in [1.54, 1.807) is 0 Å². The number of allylic oxidation sites excluding steroid dienone is 2. The molecule has 4 aliphatic carbocycles. The van der Waals surface area contributed by atoms with Crippen molar-refractivity contribution < 1.29 is 14.6 Å². The third kappa shape index (κ3) is 3.60. The molecule has 36 heavy (non-hydrogen) atoms. The van der Waals surface area contributed by atoms with E-state index in [1.807, 2.05) is 11.1 Å². The lowest BCUT2D eigenvalue weighted by Gasteiger charge is -2.62. The predicted octanol–water partition coefficient (Wildman–Crippen LogP) is 8.30. The van der Waals surface area contributed by atoms with Crippen LogP contribution in [0.3, 0.4) is 0 Å². The molecule has 0 spiro atoms. The SMILES string of the molecule is CCOC1OC(C)(C(C)C2CCC3(C)C4=C(CCC23C)C2(C)CCC(O)C(C)(C)C2CC4)CCC1C. The highest BCUT2D eigenvalue weighted by atomic mass is 16.7. The second-order valence-electron chi connectivity index (χ2n) is 15.3. The van der Waals surface area contributed by atoms with E-state index >= 15 is 0 Å². The smallest absolute Gasteiger partial charge is 0.160 e. The Hall–Kier alpha value is -0.380. The van der Waals surface area contributed by atoms with Gasteiger partial charge in [0.25, 0.3) is 0 Å². The summed E-state index contributed by atoms with van der Waals surface area (Å²) >= 11 is 0. The molecule has 10 atom stereocenters. The van der Waals surface area contributed by atoms with Crippen molar-refractivity contribution >= 4 is 0 Å². The molecule has 10 unspecified atom stereocenters.